The van der Waals surface area contributed by atoms with Crippen LogP contribution in [0.2, 0.25) is 0 Å². The molecule has 1 atom stereocenters. The number of aliphatic carboxylic acids is 1. The molecule has 3 N–H and O–H groups in total. The SMILES string of the molecule is CC(CCNC(=O)NCCn1ccnn1)CCC(=O)O. The highest BCUT2D eigenvalue weighted by Gasteiger charge is 2.06. The Morgan fingerprint density at radius 3 is 2.70 bits per heavy atom. The highest BCUT2D eigenvalue weighted by Crippen LogP contribution is 2.08. The summed E-state index contributed by atoms with van der Waals surface area (Å²) in [5.74, 6) is -0.503. The standard InChI is InChI=1S/C12H21N5O3/c1-10(2-3-11(18)19)4-5-13-12(20)14-6-8-17-9-7-15-16-17/h7,9-10H,2-6,8H2,1H3,(H,18,19)(H2,13,14,20). The number of carbonyl (C=O) groups excluding carboxylic acids is 1. The Bertz CT molecular complexity index is 407. The molecule has 0 aliphatic heterocycles. The zero-order chi connectivity index (χ0) is 14.8. The van der Waals surface area contributed by atoms with Gasteiger partial charge in [-0.25, -0.2) is 4.79 Å². The van der Waals surface area contributed by atoms with E-state index in [0.717, 1.165) is 6.42 Å². The predicted molar refractivity (Wildman–Crippen MR) is 72.1 cm³/mol. The Labute approximate surface area is 117 Å². The lowest BCUT2D eigenvalue weighted by Gasteiger charge is -2.11. The van der Waals surface area contributed by atoms with Gasteiger partial charge in [0, 0.05) is 25.7 Å². The third kappa shape index (κ3) is 7.34. The number of aromatic nitrogens is 3. The van der Waals surface area contributed by atoms with E-state index >= 15 is 0 Å². The molecule has 2 amide bonds. The van der Waals surface area contributed by atoms with Crippen LogP contribution in [0.1, 0.15) is 26.2 Å². The van der Waals surface area contributed by atoms with Crippen LogP contribution in [0.15, 0.2) is 12.4 Å². The molecular formula is C12H21N5O3. The van der Waals surface area contributed by atoms with Gasteiger partial charge >= 0.3 is 12.0 Å². The quantitative estimate of drug-likeness (QED) is 0.610. The van der Waals surface area contributed by atoms with Gasteiger partial charge in [-0.05, 0) is 18.8 Å². The minimum Gasteiger partial charge on any atom is -0.481 e. The smallest absolute Gasteiger partial charge is 0.314 e. The summed E-state index contributed by atoms with van der Waals surface area (Å²) in [7, 11) is 0. The van der Waals surface area contributed by atoms with Crippen LogP contribution in [-0.2, 0) is 11.3 Å². The second-order valence-corrected chi connectivity index (χ2v) is 4.68. The van der Waals surface area contributed by atoms with Crippen molar-refractivity contribution in [3.63, 3.8) is 0 Å². The first-order valence-electron chi connectivity index (χ1n) is 6.65. The first-order chi connectivity index (χ1) is 9.58. The largest absolute Gasteiger partial charge is 0.481 e. The molecule has 1 heterocycles. The van der Waals surface area contributed by atoms with Crippen LogP contribution in [0, 0.1) is 5.92 Å². The second kappa shape index (κ2) is 8.89. The number of carbonyl (C=O) groups is 2. The number of rotatable bonds is 9. The molecule has 1 aromatic heterocycles. The van der Waals surface area contributed by atoms with Crippen LogP contribution in [0.4, 0.5) is 4.79 Å². The number of carboxylic acids is 1. The topological polar surface area (TPSA) is 109 Å². The maximum absolute atomic E-state index is 11.5. The van der Waals surface area contributed by atoms with E-state index in [1.165, 1.54) is 0 Å². The second-order valence-electron chi connectivity index (χ2n) is 4.68. The van der Waals surface area contributed by atoms with E-state index in [0.29, 0.717) is 26.1 Å². The van der Waals surface area contributed by atoms with E-state index in [2.05, 4.69) is 20.9 Å². The first-order valence-corrected chi connectivity index (χ1v) is 6.65. The Morgan fingerprint density at radius 1 is 1.30 bits per heavy atom. The van der Waals surface area contributed by atoms with Gasteiger partial charge in [0.2, 0.25) is 0 Å². The average molecular weight is 283 g/mol. The zero-order valence-corrected chi connectivity index (χ0v) is 11.6. The average Bonchev–Trinajstić information content (AvgIpc) is 2.89. The molecule has 8 heteroatoms. The van der Waals surface area contributed by atoms with E-state index in [1.807, 2.05) is 6.92 Å². The first kappa shape index (κ1) is 15.9. The van der Waals surface area contributed by atoms with Gasteiger partial charge in [0.25, 0.3) is 0 Å². The monoisotopic (exact) mass is 283 g/mol. The van der Waals surface area contributed by atoms with Gasteiger partial charge in [-0.15, -0.1) is 5.10 Å². The van der Waals surface area contributed by atoms with Gasteiger partial charge in [-0.3, -0.25) is 9.48 Å². The van der Waals surface area contributed by atoms with Crippen molar-refractivity contribution >= 4 is 12.0 Å². The molecular weight excluding hydrogens is 262 g/mol. The molecule has 8 nitrogen and oxygen atoms in total. The van der Waals surface area contributed by atoms with Crippen LogP contribution in [0.3, 0.4) is 0 Å². The molecule has 0 aromatic carbocycles. The van der Waals surface area contributed by atoms with Crippen molar-refractivity contribution in [2.24, 2.45) is 5.92 Å². The normalized spacial score (nSPS) is 11.8. The molecule has 1 aromatic rings. The number of nitrogens with one attached hydrogen (secondary N) is 2. The molecule has 0 aliphatic rings. The van der Waals surface area contributed by atoms with Crippen LogP contribution in [0.25, 0.3) is 0 Å². The fraction of sp³-hybridized carbons (Fsp3) is 0.667. The maximum Gasteiger partial charge on any atom is 0.314 e. The van der Waals surface area contributed by atoms with Gasteiger partial charge < -0.3 is 15.7 Å². The molecule has 20 heavy (non-hydrogen) atoms. The van der Waals surface area contributed by atoms with E-state index in [9.17, 15) is 9.59 Å². The van der Waals surface area contributed by atoms with Gasteiger partial charge in [0.1, 0.15) is 0 Å². The molecule has 1 rings (SSSR count). The summed E-state index contributed by atoms with van der Waals surface area (Å²) in [5.41, 5.74) is 0. The summed E-state index contributed by atoms with van der Waals surface area (Å²) < 4.78 is 1.63. The summed E-state index contributed by atoms with van der Waals surface area (Å²) in [6, 6.07) is -0.226. The minimum absolute atomic E-state index is 0.172. The van der Waals surface area contributed by atoms with Crippen LogP contribution in [0.5, 0.6) is 0 Å². The summed E-state index contributed by atoms with van der Waals surface area (Å²) >= 11 is 0. The molecule has 0 saturated carbocycles. The van der Waals surface area contributed by atoms with E-state index in [1.54, 1.807) is 17.1 Å². The van der Waals surface area contributed by atoms with Crippen LogP contribution in [-0.4, -0.2) is 45.2 Å². The molecule has 0 aliphatic carbocycles. The van der Waals surface area contributed by atoms with Crippen LogP contribution >= 0.6 is 0 Å². The fourth-order valence-electron chi connectivity index (χ4n) is 1.64. The van der Waals surface area contributed by atoms with Crippen molar-refractivity contribution in [3.8, 4) is 0 Å². The molecule has 0 bridgehead atoms. The lowest BCUT2D eigenvalue weighted by Crippen LogP contribution is -2.38. The number of nitrogens with zero attached hydrogens (tertiary/aromatic N) is 3. The summed E-state index contributed by atoms with van der Waals surface area (Å²) in [6.07, 6.45) is 4.88. The van der Waals surface area contributed by atoms with Crippen molar-refractivity contribution in [2.75, 3.05) is 13.1 Å². The zero-order valence-electron chi connectivity index (χ0n) is 11.6. The third-order valence-electron chi connectivity index (χ3n) is 2.87. The third-order valence-corrected chi connectivity index (χ3v) is 2.87. The minimum atomic E-state index is -0.782. The Hall–Kier alpha value is -2.12. The van der Waals surface area contributed by atoms with Crippen molar-refractivity contribution in [1.29, 1.82) is 0 Å². The molecule has 1 unspecified atom stereocenters. The van der Waals surface area contributed by atoms with Crippen molar-refractivity contribution in [3.05, 3.63) is 12.4 Å². The number of amides is 2. The van der Waals surface area contributed by atoms with Gasteiger partial charge in [-0.1, -0.05) is 12.1 Å². The summed E-state index contributed by atoms with van der Waals surface area (Å²) in [6.45, 7) is 3.56. The van der Waals surface area contributed by atoms with Crippen molar-refractivity contribution in [1.82, 2.24) is 25.6 Å². The molecule has 0 radical (unpaired) electrons. The Balaban J connectivity index is 2.00. The fourth-order valence-corrected chi connectivity index (χ4v) is 1.64. The number of urea groups is 1. The van der Waals surface area contributed by atoms with Crippen molar-refractivity contribution in [2.45, 2.75) is 32.7 Å². The van der Waals surface area contributed by atoms with Gasteiger partial charge in [0.05, 0.1) is 12.7 Å². The Morgan fingerprint density at radius 2 is 2.05 bits per heavy atom. The highest BCUT2D eigenvalue weighted by molar-refractivity contribution is 5.73. The number of hydrogen-bond acceptors (Lipinski definition) is 4. The molecule has 0 fully saturated rings. The molecule has 0 saturated heterocycles. The van der Waals surface area contributed by atoms with Gasteiger partial charge in [0.15, 0.2) is 0 Å². The lowest BCUT2D eigenvalue weighted by atomic mass is 10.0. The van der Waals surface area contributed by atoms with E-state index in [-0.39, 0.29) is 18.4 Å². The Kier molecular flexibility index (Phi) is 7.08. The maximum atomic E-state index is 11.5. The molecule has 112 valence electrons. The van der Waals surface area contributed by atoms with Gasteiger partial charge in [-0.2, -0.15) is 0 Å². The van der Waals surface area contributed by atoms with Crippen molar-refractivity contribution < 1.29 is 14.7 Å². The summed E-state index contributed by atoms with van der Waals surface area (Å²) in [5, 5.41) is 21.5. The van der Waals surface area contributed by atoms with E-state index < -0.39 is 5.97 Å². The lowest BCUT2D eigenvalue weighted by molar-refractivity contribution is -0.137. The molecule has 0 spiro atoms. The highest BCUT2D eigenvalue weighted by atomic mass is 16.4. The number of carboxylic acid groups (broad SMARTS) is 1. The van der Waals surface area contributed by atoms with Crippen LogP contribution < -0.4 is 10.6 Å². The summed E-state index contributed by atoms with van der Waals surface area (Å²) in [4.78, 5) is 21.9. The van der Waals surface area contributed by atoms with E-state index in [4.69, 9.17) is 5.11 Å². The predicted octanol–water partition coefficient (Wildman–Crippen LogP) is 0.468. The number of hydrogen-bond donors (Lipinski definition) is 3.